The molecule has 1 rings (SSSR count). The number of rotatable bonds is 1. The van der Waals surface area contributed by atoms with E-state index in [1.165, 1.54) is 0 Å². The molecule has 0 saturated carbocycles. The molecule has 1 N–H and O–H groups in total. The molecule has 0 aromatic carbocycles. The molecule has 1 aliphatic heterocycles. The maximum atomic E-state index is 10.6. The fourth-order valence-corrected chi connectivity index (χ4v) is 1.41. The van der Waals surface area contributed by atoms with Crippen molar-refractivity contribution < 1.29 is 9.90 Å². The van der Waals surface area contributed by atoms with Gasteiger partial charge in [-0.05, 0) is 26.8 Å². The first-order valence-electron chi connectivity index (χ1n) is 4.21. The number of carboxylic acid groups (broad SMARTS) is 1. The van der Waals surface area contributed by atoms with Crippen molar-refractivity contribution in [2.45, 2.75) is 19.8 Å². The van der Waals surface area contributed by atoms with Gasteiger partial charge in [0.2, 0.25) is 0 Å². The van der Waals surface area contributed by atoms with Crippen LogP contribution in [0.25, 0.3) is 0 Å². The molecule has 3 heteroatoms. The average molecular weight is 169 g/mol. The van der Waals surface area contributed by atoms with Crippen LogP contribution in [0.1, 0.15) is 19.8 Å². The molecule has 0 amide bonds. The average Bonchev–Trinajstić information content (AvgIpc) is 2.04. The van der Waals surface area contributed by atoms with Gasteiger partial charge >= 0.3 is 5.97 Å². The van der Waals surface area contributed by atoms with Crippen LogP contribution in [0.3, 0.4) is 0 Å². The van der Waals surface area contributed by atoms with Crippen molar-refractivity contribution in [2.24, 2.45) is 0 Å². The van der Waals surface area contributed by atoms with Gasteiger partial charge in [-0.1, -0.05) is 5.57 Å². The van der Waals surface area contributed by atoms with Gasteiger partial charge in [0.05, 0.1) is 0 Å². The molecule has 0 aromatic heterocycles. The van der Waals surface area contributed by atoms with Gasteiger partial charge in [0.15, 0.2) is 0 Å². The monoisotopic (exact) mass is 169 g/mol. The molecule has 1 heterocycles. The summed E-state index contributed by atoms with van der Waals surface area (Å²) >= 11 is 0. The van der Waals surface area contributed by atoms with Crippen molar-refractivity contribution in [3.8, 4) is 0 Å². The highest BCUT2D eigenvalue weighted by atomic mass is 16.4. The van der Waals surface area contributed by atoms with E-state index >= 15 is 0 Å². The highest BCUT2D eigenvalue weighted by molar-refractivity contribution is 5.86. The maximum Gasteiger partial charge on any atom is 0.331 e. The van der Waals surface area contributed by atoms with Gasteiger partial charge in [-0.25, -0.2) is 4.79 Å². The van der Waals surface area contributed by atoms with Gasteiger partial charge in [0.25, 0.3) is 0 Å². The summed E-state index contributed by atoms with van der Waals surface area (Å²) in [5.74, 6) is -0.769. The second-order valence-corrected chi connectivity index (χ2v) is 3.34. The summed E-state index contributed by atoms with van der Waals surface area (Å²) in [5, 5.41) is 8.73. The fraction of sp³-hybridized carbons (Fsp3) is 0.667. The third kappa shape index (κ3) is 2.08. The van der Waals surface area contributed by atoms with Crippen LogP contribution in [0, 0.1) is 0 Å². The zero-order valence-electron chi connectivity index (χ0n) is 7.63. The van der Waals surface area contributed by atoms with E-state index in [2.05, 4.69) is 11.9 Å². The third-order valence-corrected chi connectivity index (χ3v) is 2.44. The van der Waals surface area contributed by atoms with Crippen LogP contribution >= 0.6 is 0 Å². The Hall–Kier alpha value is -0.830. The number of carbonyl (C=O) groups is 1. The molecule has 0 atom stereocenters. The predicted octanol–water partition coefficient (Wildman–Crippen LogP) is 1.11. The van der Waals surface area contributed by atoms with Crippen molar-refractivity contribution in [1.29, 1.82) is 0 Å². The lowest BCUT2D eigenvalue weighted by Crippen LogP contribution is -2.27. The normalized spacial score (nSPS) is 19.3. The molecule has 0 unspecified atom stereocenters. The minimum Gasteiger partial charge on any atom is -0.478 e. The number of hydrogen-bond acceptors (Lipinski definition) is 2. The Morgan fingerprint density at radius 3 is 2.33 bits per heavy atom. The summed E-state index contributed by atoms with van der Waals surface area (Å²) in [7, 11) is 2.06. The number of nitrogens with zero attached hydrogens (tertiary/aromatic N) is 1. The first kappa shape index (κ1) is 9.26. The van der Waals surface area contributed by atoms with Crippen LogP contribution in [0.15, 0.2) is 11.1 Å². The minimum atomic E-state index is -0.769. The first-order chi connectivity index (χ1) is 5.61. The predicted molar refractivity (Wildman–Crippen MR) is 47.1 cm³/mol. The molecular formula is C9H15NO2. The van der Waals surface area contributed by atoms with Gasteiger partial charge in [0.1, 0.15) is 0 Å². The number of piperidine rings is 1. The first-order valence-corrected chi connectivity index (χ1v) is 4.21. The summed E-state index contributed by atoms with van der Waals surface area (Å²) in [4.78, 5) is 12.8. The van der Waals surface area contributed by atoms with E-state index in [4.69, 9.17) is 5.11 Å². The van der Waals surface area contributed by atoms with Crippen molar-refractivity contribution in [1.82, 2.24) is 4.90 Å². The summed E-state index contributed by atoms with van der Waals surface area (Å²) in [6, 6.07) is 0. The molecule has 3 nitrogen and oxygen atoms in total. The lowest BCUT2D eigenvalue weighted by atomic mass is 9.99. The molecule has 0 radical (unpaired) electrons. The van der Waals surface area contributed by atoms with Gasteiger partial charge < -0.3 is 10.0 Å². The summed E-state index contributed by atoms with van der Waals surface area (Å²) in [5.41, 5.74) is 1.66. The largest absolute Gasteiger partial charge is 0.478 e. The highest BCUT2D eigenvalue weighted by Crippen LogP contribution is 2.18. The van der Waals surface area contributed by atoms with E-state index in [1.807, 2.05) is 0 Å². The number of carboxylic acids is 1. The van der Waals surface area contributed by atoms with Crippen LogP contribution in [0.5, 0.6) is 0 Å². The molecule has 0 aromatic rings. The van der Waals surface area contributed by atoms with Crippen molar-refractivity contribution >= 4 is 5.97 Å². The van der Waals surface area contributed by atoms with Gasteiger partial charge in [0, 0.05) is 18.7 Å². The molecule has 68 valence electrons. The smallest absolute Gasteiger partial charge is 0.331 e. The number of likely N-dealkylation sites (tertiary alicyclic amines) is 1. The standard InChI is InChI=1S/C9H15NO2/c1-7(9(11)12)8-3-5-10(2)6-4-8/h3-6H2,1-2H3,(H,11,12). The van der Waals surface area contributed by atoms with E-state index in [0.29, 0.717) is 5.57 Å². The quantitative estimate of drug-likeness (QED) is 0.598. The third-order valence-electron chi connectivity index (χ3n) is 2.44. The minimum absolute atomic E-state index is 0.545. The molecule has 1 aliphatic rings. The van der Waals surface area contributed by atoms with Crippen molar-refractivity contribution in [3.05, 3.63) is 11.1 Å². The molecule has 0 aliphatic carbocycles. The van der Waals surface area contributed by atoms with Crippen LogP contribution in [-0.4, -0.2) is 36.1 Å². The van der Waals surface area contributed by atoms with Crippen LogP contribution in [0.4, 0.5) is 0 Å². The second-order valence-electron chi connectivity index (χ2n) is 3.34. The zero-order valence-corrected chi connectivity index (χ0v) is 7.63. The molecule has 1 saturated heterocycles. The second kappa shape index (κ2) is 3.72. The number of hydrogen-bond donors (Lipinski definition) is 1. The summed E-state index contributed by atoms with van der Waals surface area (Å²) < 4.78 is 0. The number of aliphatic carboxylic acids is 1. The van der Waals surface area contributed by atoms with Gasteiger partial charge in [-0.15, -0.1) is 0 Å². The van der Waals surface area contributed by atoms with E-state index in [0.717, 1.165) is 31.5 Å². The highest BCUT2D eigenvalue weighted by Gasteiger charge is 2.14. The zero-order chi connectivity index (χ0) is 9.14. The van der Waals surface area contributed by atoms with Crippen LogP contribution in [0.2, 0.25) is 0 Å². The summed E-state index contributed by atoms with van der Waals surface area (Å²) in [6.45, 7) is 3.67. The van der Waals surface area contributed by atoms with Crippen molar-refractivity contribution in [2.75, 3.05) is 20.1 Å². The van der Waals surface area contributed by atoms with Crippen molar-refractivity contribution in [3.63, 3.8) is 0 Å². The Balaban J connectivity index is 2.64. The Morgan fingerprint density at radius 1 is 1.42 bits per heavy atom. The lowest BCUT2D eigenvalue weighted by molar-refractivity contribution is -0.132. The Labute approximate surface area is 72.7 Å². The molecule has 0 spiro atoms. The fourth-order valence-electron chi connectivity index (χ4n) is 1.41. The molecule has 1 fully saturated rings. The topological polar surface area (TPSA) is 40.5 Å². The Morgan fingerprint density at radius 2 is 1.92 bits per heavy atom. The van der Waals surface area contributed by atoms with Gasteiger partial charge in [-0.2, -0.15) is 0 Å². The molecule has 0 bridgehead atoms. The van der Waals surface area contributed by atoms with E-state index in [-0.39, 0.29) is 0 Å². The van der Waals surface area contributed by atoms with Gasteiger partial charge in [-0.3, -0.25) is 0 Å². The summed E-state index contributed by atoms with van der Waals surface area (Å²) in [6.07, 6.45) is 1.82. The van der Waals surface area contributed by atoms with Crippen LogP contribution in [-0.2, 0) is 4.79 Å². The SMILES string of the molecule is CC(C(=O)O)=C1CCN(C)CC1. The van der Waals surface area contributed by atoms with E-state index < -0.39 is 5.97 Å². The lowest BCUT2D eigenvalue weighted by Gasteiger charge is -2.24. The van der Waals surface area contributed by atoms with E-state index in [9.17, 15) is 4.79 Å². The molecule has 12 heavy (non-hydrogen) atoms. The Kier molecular flexibility index (Phi) is 2.87. The van der Waals surface area contributed by atoms with Crippen LogP contribution < -0.4 is 0 Å². The maximum absolute atomic E-state index is 10.6. The van der Waals surface area contributed by atoms with E-state index in [1.54, 1.807) is 6.92 Å². The Bertz CT molecular complexity index is 211. The molecular weight excluding hydrogens is 154 g/mol.